The SMILES string of the molecule is CCS(=O)(=O)Nc1ccccc1C(=O)NCC1(C)CCNCC1. The molecular weight excluding hydrogens is 314 g/mol. The number of anilines is 1. The molecule has 0 unspecified atom stereocenters. The van der Waals surface area contributed by atoms with Gasteiger partial charge >= 0.3 is 0 Å². The normalized spacial score (nSPS) is 17.5. The lowest BCUT2D eigenvalue weighted by Gasteiger charge is -2.34. The summed E-state index contributed by atoms with van der Waals surface area (Å²) in [6, 6.07) is 6.67. The summed E-state index contributed by atoms with van der Waals surface area (Å²) < 4.78 is 26.0. The molecule has 0 bridgehead atoms. The molecule has 1 aromatic rings. The highest BCUT2D eigenvalue weighted by Crippen LogP contribution is 2.27. The molecule has 0 saturated carbocycles. The van der Waals surface area contributed by atoms with Crippen molar-refractivity contribution in [3.8, 4) is 0 Å². The molecule has 7 heteroatoms. The fraction of sp³-hybridized carbons (Fsp3) is 0.562. The largest absolute Gasteiger partial charge is 0.351 e. The van der Waals surface area contributed by atoms with Crippen molar-refractivity contribution in [1.82, 2.24) is 10.6 Å². The van der Waals surface area contributed by atoms with E-state index in [1.807, 2.05) is 0 Å². The Morgan fingerprint density at radius 3 is 2.57 bits per heavy atom. The smallest absolute Gasteiger partial charge is 0.253 e. The predicted molar refractivity (Wildman–Crippen MR) is 92.1 cm³/mol. The van der Waals surface area contributed by atoms with E-state index >= 15 is 0 Å². The summed E-state index contributed by atoms with van der Waals surface area (Å²) in [5, 5.41) is 6.26. The molecule has 0 radical (unpaired) electrons. The fourth-order valence-electron chi connectivity index (χ4n) is 2.61. The van der Waals surface area contributed by atoms with Crippen LogP contribution in [-0.4, -0.2) is 39.7 Å². The Hall–Kier alpha value is -1.60. The first-order valence-electron chi connectivity index (χ1n) is 7.94. The zero-order valence-corrected chi connectivity index (χ0v) is 14.5. The molecule has 1 aliphatic heterocycles. The molecule has 1 amide bonds. The van der Waals surface area contributed by atoms with E-state index in [-0.39, 0.29) is 17.1 Å². The van der Waals surface area contributed by atoms with E-state index in [9.17, 15) is 13.2 Å². The number of amides is 1. The van der Waals surface area contributed by atoms with Gasteiger partial charge in [-0.15, -0.1) is 0 Å². The first-order valence-corrected chi connectivity index (χ1v) is 9.59. The van der Waals surface area contributed by atoms with E-state index in [0.29, 0.717) is 17.8 Å². The summed E-state index contributed by atoms with van der Waals surface area (Å²) in [6.07, 6.45) is 2.02. The van der Waals surface area contributed by atoms with Gasteiger partial charge in [-0.3, -0.25) is 9.52 Å². The lowest BCUT2D eigenvalue weighted by Crippen LogP contribution is -2.43. The van der Waals surface area contributed by atoms with E-state index in [0.717, 1.165) is 25.9 Å². The molecule has 0 aliphatic carbocycles. The highest BCUT2D eigenvalue weighted by atomic mass is 32.2. The average Bonchev–Trinajstić information content (AvgIpc) is 2.54. The molecule has 1 aliphatic rings. The van der Waals surface area contributed by atoms with Crippen molar-refractivity contribution < 1.29 is 13.2 Å². The van der Waals surface area contributed by atoms with Crippen LogP contribution in [0.15, 0.2) is 24.3 Å². The molecule has 1 saturated heterocycles. The Kier molecular flexibility index (Phi) is 5.64. The third-order valence-electron chi connectivity index (χ3n) is 4.30. The highest BCUT2D eigenvalue weighted by Gasteiger charge is 2.27. The van der Waals surface area contributed by atoms with E-state index in [4.69, 9.17) is 0 Å². The van der Waals surface area contributed by atoms with Gasteiger partial charge in [0, 0.05) is 6.54 Å². The van der Waals surface area contributed by atoms with Crippen molar-refractivity contribution in [3.63, 3.8) is 0 Å². The van der Waals surface area contributed by atoms with Crippen molar-refractivity contribution in [1.29, 1.82) is 0 Å². The van der Waals surface area contributed by atoms with Crippen molar-refractivity contribution >= 4 is 21.6 Å². The van der Waals surface area contributed by atoms with Crippen LogP contribution in [0.2, 0.25) is 0 Å². The fourth-order valence-corrected chi connectivity index (χ4v) is 3.26. The van der Waals surface area contributed by atoms with Crippen LogP contribution in [0.25, 0.3) is 0 Å². The standard InChI is InChI=1S/C16H25N3O3S/c1-3-23(21,22)19-14-7-5-4-6-13(14)15(20)18-12-16(2)8-10-17-11-9-16/h4-7,17,19H,3,8-12H2,1-2H3,(H,18,20). The zero-order chi connectivity index (χ0) is 16.9. The molecule has 0 aromatic heterocycles. The van der Waals surface area contributed by atoms with Crippen LogP contribution < -0.4 is 15.4 Å². The third-order valence-corrected chi connectivity index (χ3v) is 5.59. The van der Waals surface area contributed by atoms with Gasteiger partial charge in [-0.05, 0) is 50.4 Å². The first kappa shape index (κ1) is 17.7. The van der Waals surface area contributed by atoms with Crippen LogP contribution in [-0.2, 0) is 10.0 Å². The summed E-state index contributed by atoms with van der Waals surface area (Å²) in [5.41, 5.74) is 0.753. The maximum atomic E-state index is 12.5. The Bertz CT molecular complexity index is 652. The van der Waals surface area contributed by atoms with E-state index in [1.54, 1.807) is 31.2 Å². The van der Waals surface area contributed by atoms with Gasteiger partial charge in [0.25, 0.3) is 5.91 Å². The Morgan fingerprint density at radius 1 is 1.26 bits per heavy atom. The summed E-state index contributed by atoms with van der Waals surface area (Å²) >= 11 is 0. The Labute approximate surface area is 138 Å². The summed E-state index contributed by atoms with van der Waals surface area (Å²) in [4.78, 5) is 12.5. The number of carbonyl (C=O) groups is 1. The van der Waals surface area contributed by atoms with Crippen LogP contribution >= 0.6 is 0 Å². The minimum Gasteiger partial charge on any atom is -0.351 e. The lowest BCUT2D eigenvalue weighted by molar-refractivity contribution is 0.0923. The van der Waals surface area contributed by atoms with Gasteiger partial charge in [-0.1, -0.05) is 19.1 Å². The minimum atomic E-state index is -3.41. The topological polar surface area (TPSA) is 87.3 Å². The van der Waals surface area contributed by atoms with Gasteiger partial charge < -0.3 is 10.6 Å². The van der Waals surface area contributed by atoms with Crippen LogP contribution in [0.5, 0.6) is 0 Å². The zero-order valence-electron chi connectivity index (χ0n) is 13.7. The van der Waals surface area contributed by atoms with Crippen molar-refractivity contribution in [2.45, 2.75) is 26.7 Å². The predicted octanol–water partition coefficient (Wildman–Crippen LogP) is 1.57. The Morgan fingerprint density at radius 2 is 1.91 bits per heavy atom. The number of piperidine rings is 1. The number of benzene rings is 1. The van der Waals surface area contributed by atoms with E-state index in [2.05, 4.69) is 22.3 Å². The molecule has 1 fully saturated rings. The minimum absolute atomic E-state index is 0.0337. The number of sulfonamides is 1. The van der Waals surface area contributed by atoms with Crippen LogP contribution in [0.1, 0.15) is 37.0 Å². The maximum absolute atomic E-state index is 12.5. The summed E-state index contributed by atoms with van der Waals surface area (Å²) in [6.45, 7) is 6.23. The highest BCUT2D eigenvalue weighted by molar-refractivity contribution is 7.92. The van der Waals surface area contributed by atoms with Crippen LogP contribution in [0.4, 0.5) is 5.69 Å². The second-order valence-electron chi connectivity index (χ2n) is 6.29. The van der Waals surface area contributed by atoms with Gasteiger partial charge in [0.05, 0.1) is 17.0 Å². The van der Waals surface area contributed by atoms with E-state index < -0.39 is 10.0 Å². The lowest BCUT2D eigenvalue weighted by atomic mass is 9.81. The molecule has 6 nitrogen and oxygen atoms in total. The molecular formula is C16H25N3O3S. The number of para-hydroxylation sites is 1. The molecule has 23 heavy (non-hydrogen) atoms. The molecule has 1 aromatic carbocycles. The van der Waals surface area contributed by atoms with E-state index in [1.165, 1.54) is 0 Å². The molecule has 0 spiro atoms. The van der Waals surface area contributed by atoms with Crippen molar-refractivity contribution in [3.05, 3.63) is 29.8 Å². The third kappa shape index (κ3) is 4.94. The quantitative estimate of drug-likeness (QED) is 0.734. The maximum Gasteiger partial charge on any atom is 0.253 e. The number of rotatable bonds is 6. The van der Waals surface area contributed by atoms with Gasteiger partial charge in [0.2, 0.25) is 10.0 Å². The van der Waals surface area contributed by atoms with Crippen LogP contribution in [0.3, 0.4) is 0 Å². The second kappa shape index (κ2) is 7.31. The molecule has 2 rings (SSSR count). The first-order chi connectivity index (χ1) is 10.9. The number of carbonyl (C=O) groups excluding carboxylic acids is 1. The molecule has 0 atom stereocenters. The van der Waals surface area contributed by atoms with Gasteiger partial charge in [0.15, 0.2) is 0 Å². The summed E-state index contributed by atoms with van der Waals surface area (Å²) in [7, 11) is -3.41. The summed E-state index contributed by atoms with van der Waals surface area (Å²) in [5.74, 6) is -0.284. The monoisotopic (exact) mass is 339 g/mol. The average molecular weight is 339 g/mol. The molecule has 128 valence electrons. The molecule has 3 N–H and O–H groups in total. The van der Waals surface area contributed by atoms with Crippen molar-refractivity contribution in [2.75, 3.05) is 30.1 Å². The van der Waals surface area contributed by atoms with Gasteiger partial charge in [-0.25, -0.2) is 8.42 Å². The number of hydrogen-bond donors (Lipinski definition) is 3. The van der Waals surface area contributed by atoms with Gasteiger partial charge in [-0.2, -0.15) is 0 Å². The van der Waals surface area contributed by atoms with Gasteiger partial charge in [0.1, 0.15) is 0 Å². The number of nitrogens with one attached hydrogen (secondary N) is 3. The Balaban J connectivity index is 2.07. The molecule has 1 heterocycles. The van der Waals surface area contributed by atoms with Crippen molar-refractivity contribution in [2.24, 2.45) is 5.41 Å². The number of hydrogen-bond acceptors (Lipinski definition) is 4. The second-order valence-corrected chi connectivity index (χ2v) is 8.31. The van der Waals surface area contributed by atoms with Crippen LogP contribution in [0, 0.1) is 5.41 Å².